The maximum atomic E-state index is 11.6. The first-order chi connectivity index (χ1) is 7.97. The van der Waals surface area contributed by atoms with E-state index in [1.807, 2.05) is 0 Å². The minimum atomic E-state index is 0. The molecule has 0 saturated carbocycles. The third-order valence-electron chi connectivity index (χ3n) is 3.11. The van der Waals surface area contributed by atoms with Gasteiger partial charge in [0.15, 0.2) is 0 Å². The van der Waals surface area contributed by atoms with Crippen molar-refractivity contribution in [2.24, 2.45) is 5.41 Å². The quantitative estimate of drug-likeness (QED) is 0.757. The molecule has 1 saturated heterocycles. The standard InChI is InChI=1S/C14H28N2O.ClH/c1-14(2,3)12-13(17)15-8-4-5-9-16-10-6-7-11-16;/h4-12H2,1-3H3,(H,15,17);1H. The lowest BCUT2D eigenvalue weighted by Gasteiger charge is -2.17. The largest absolute Gasteiger partial charge is 0.356 e. The van der Waals surface area contributed by atoms with Gasteiger partial charge >= 0.3 is 0 Å². The van der Waals surface area contributed by atoms with Crippen molar-refractivity contribution >= 4 is 18.3 Å². The van der Waals surface area contributed by atoms with Crippen molar-refractivity contribution in [2.75, 3.05) is 26.2 Å². The average Bonchev–Trinajstić information content (AvgIpc) is 2.67. The Hall–Kier alpha value is -0.280. The summed E-state index contributed by atoms with van der Waals surface area (Å²) in [5.74, 6) is 0.193. The molecular weight excluding hydrogens is 248 g/mol. The van der Waals surface area contributed by atoms with Crippen molar-refractivity contribution in [1.82, 2.24) is 10.2 Å². The van der Waals surface area contributed by atoms with Gasteiger partial charge in [0.1, 0.15) is 0 Å². The van der Waals surface area contributed by atoms with Crippen LogP contribution >= 0.6 is 12.4 Å². The smallest absolute Gasteiger partial charge is 0.220 e. The fraction of sp³-hybridized carbons (Fsp3) is 0.929. The number of nitrogens with zero attached hydrogens (tertiary/aromatic N) is 1. The number of carbonyl (C=O) groups excluding carboxylic acids is 1. The molecule has 1 heterocycles. The van der Waals surface area contributed by atoms with Gasteiger partial charge in [-0.1, -0.05) is 20.8 Å². The number of rotatable bonds is 6. The minimum Gasteiger partial charge on any atom is -0.356 e. The van der Waals surface area contributed by atoms with E-state index in [2.05, 4.69) is 31.0 Å². The Labute approximate surface area is 118 Å². The van der Waals surface area contributed by atoms with Crippen LogP contribution in [0.1, 0.15) is 52.9 Å². The van der Waals surface area contributed by atoms with Crippen LogP contribution in [0.4, 0.5) is 0 Å². The van der Waals surface area contributed by atoms with Crippen LogP contribution in [0.15, 0.2) is 0 Å². The normalized spacial score (nSPS) is 16.4. The lowest BCUT2D eigenvalue weighted by molar-refractivity contribution is -0.122. The maximum Gasteiger partial charge on any atom is 0.220 e. The third kappa shape index (κ3) is 8.76. The molecule has 3 nitrogen and oxygen atoms in total. The molecule has 0 aliphatic carbocycles. The summed E-state index contributed by atoms with van der Waals surface area (Å²) in [7, 11) is 0. The minimum absolute atomic E-state index is 0. The highest BCUT2D eigenvalue weighted by Crippen LogP contribution is 2.17. The molecule has 1 N–H and O–H groups in total. The Morgan fingerprint density at radius 1 is 1.17 bits per heavy atom. The van der Waals surface area contributed by atoms with Gasteiger partial charge in [0.2, 0.25) is 5.91 Å². The molecular formula is C14H29ClN2O. The molecule has 1 amide bonds. The first kappa shape index (κ1) is 17.7. The number of likely N-dealkylation sites (tertiary alicyclic amines) is 1. The summed E-state index contributed by atoms with van der Waals surface area (Å²) in [5.41, 5.74) is 0.0969. The molecule has 0 unspecified atom stereocenters. The van der Waals surface area contributed by atoms with E-state index < -0.39 is 0 Å². The van der Waals surface area contributed by atoms with Crippen molar-refractivity contribution in [2.45, 2.75) is 52.9 Å². The molecule has 1 rings (SSSR count). The highest BCUT2D eigenvalue weighted by molar-refractivity contribution is 5.85. The van der Waals surface area contributed by atoms with E-state index in [0.29, 0.717) is 6.42 Å². The van der Waals surface area contributed by atoms with Crippen molar-refractivity contribution in [3.8, 4) is 0 Å². The molecule has 1 fully saturated rings. The molecule has 108 valence electrons. The summed E-state index contributed by atoms with van der Waals surface area (Å²) < 4.78 is 0. The van der Waals surface area contributed by atoms with Crippen LogP contribution in [-0.2, 0) is 4.79 Å². The zero-order valence-electron chi connectivity index (χ0n) is 12.1. The summed E-state index contributed by atoms with van der Waals surface area (Å²) in [6, 6.07) is 0. The summed E-state index contributed by atoms with van der Waals surface area (Å²) in [5, 5.41) is 3.01. The number of unbranched alkanes of at least 4 members (excludes halogenated alkanes) is 1. The van der Waals surface area contributed by atoms with Gasteiger partial charge in [-0.2, -0.15) is 0 Å². The first-order valence-electron chi connectivity index (χ1n) is 6.96. The van der Waals surface area contributed by atoms with E-state index in [9.17, 15) is 4.79 Å². The molecule has 0 atom stereocenters. The Balaban J connectivity index is 0.00000289. The lowest BCUT2D eigenvalue weighted by atomic mass is 9.92. The van der Waals surface area contributed by atoms with Crippen molar-refractivity contribution in [3.63, 3.8) is 0 Å². The zero-order valence-corrected chi connectivity index (χ0v) is 12.9. The molecule has 0 aromatic heterocycles. The molecule has 4 heteroatoms. The van der Waals surface area contributed by atoms with E-state index in [-0.39, 0.29) is 23.7 Å². The highest BCUT2D eigenvalue weighted by Gasteiger charge is 2.15. The topological polar surface area (TPSA) is 32.3 Å². The van der Waals surface area contributed by atoms with Gasteiger partial charge in [-0.05, 0) is 50.7 Å². The van der Waals surface area contributed by atoms with E-state index in [4.69, 9.17) is 0 Å². The van der Waals surface area contributed by atoms with Crippen molar-refractivity contribution < 1.29 is 4.79 Å². The van der Waals surface area contributed by atoms with Crippen LogP contribution < -0.4 is 5.32 Å². The number of nitrogens with one attached hydrogen (secondary N) is 1. The van der Waals surface area contributed by atoms with E-state index in [1.165, 1.54) is 38.9 Å². The number of hydrogen-bond donors (Lipinski definition) is 1. The van der Waals surface area contributed by atoms with Crippen LogP contribution in [-0.4, -0.2) is 37.0 Å². The molecule has 18 heavy (non-hydrogen) atoms. The van der Waals surface area contributed by atoms with Gasteiger partial charge in [0.05, 0.1) is 0 Å². The van der Waals surface area contributed by atoms with Gasteiger partial charge in [-0.25, -0.2) is 0 Å². The van der Waals surface area contributed by atoms with Crippen molar-refractivity contribution in [3.05, 3.63) is 0 Å². The summed E-state index contributed by atoms with van der Waals surface area (Å²) in [4.78, 5) is 14.1. The number of hydrogen-bond acceptors (Lipinski definition) is 2. The maximum absolute atomic E-state index is 11.6. The van der Waals surface area contributed by atoms with Gasteiger partial charge in [-0.15, -0.1) is 12.4 Å². The Bertz CT molecular complexity index is 232. The highest BCUT2D eigenvalue weighted by atomic mass is 35.5. The van der Waals surface area contributed by atoms with Gasteiger partial charge in [-0.3, -0.25) is 4.79 Å². The predicted octanol–water partition coefficient (Wildman–Crippen LogP) is 2.84. The van der Waals surface area contributed by atoms with Crippen LogP contribution in [0, 0.1) is 5.41 Å². The Morgan fingerprint density at radius 2 is 1.78 bits per heavy atom. The van der Waals surface area contributed by atoms with Gasteiger partial charge < -0.3 is 10.2 Å². The Morgan fingerprint density at radius 3 is 2.33 bits per heavy atom. The molecule has 0 bridgehead atoms. The molecule has 1 aliphatic rings. The second-order valence-corrected chi connectivity index (χ2v) is 6.34. The summed E-state index contributed by atoms with van der Waals surface area (Å²) >= 11 is 0. The molecule has 0 spiro atoms. The van der Waals surface area contributed by atoms with Crippen LogP contribution in [0.2, 0.25) is 0 Å². The lowest BCUT2D eigenvalue weighted by Crippen LogP contribution is -2.29. The second-order valence-electron chi connectivity index (χ2n) is 6.34. The Kier molecular flexibility index (Phi) is 8.62. The van der Waals surface area contributed by atoms with E-state index in [0.717, 1.165) is 13.0 Å². The van der Waals surface area contributed by atoms with Crippen LogP contribution in [0.3, 0.4) is 0 Å². The monoisotopic (exact) mass is 276 g/mol. The third-order valence-corrected chi connectivity index (χ3v) is 3.11. The predicted molar refractivity (Wildman–Crippen MR) is 79.2 cm³/mol. The molecule has 0 aromatic rings. The molecule has 0 radical (unpaired) electrons. The number of halogens is 1. The zero-order chi connectivity index (χ0) is 12.7. The molecule has 0 aromatic carbocycles. The molecule has 1 aliphatic heterocycles. The summed E-state index contributed by atoms with van der Waals surface area (Å²) in [6.07, 6.45) is 5.66. The fourth-order valence-electron chi connectivity index (χ4n) is 2.24. The fourth-order valence-corrected chi connectivity index (χ4v) is 2.24. The van der Waals surface area contributed by atoms with E-state index >= 15 is 0 Å². The second kappa shape index (κ2) is 8.76. The average molecular weight is 277 g/mol. The van der Waals surface area contributed by atoms with Gasteiger partial charge in [0, 0.05) is 13.0 Å². The van der Waals surface area contributed by atoms with Crippen LogP contribution in [0.5, 0.6) is 0 Å². The van der Waals surface area contributed by atoms with Gasteiger partial charge in [0.25, 0.3) is 0 Å². The SMILES string of the molecule is CC(C)(C)CC(=O)NCCCCN1CCCC1.Cl. The number of amides is 1. The van der Waals surface area contributed by atoms with E-state index in [1.54, 1.807) is 0 Å². The first-order valence-corrected chi connectivity index (χ1v) is 6.96. The van der Waals surface area contributed by atoms with Crippen molar-refractivity contribution in [1.29, 1.82) is 0 Å². The van der Waals surface area contributed by atoms with Crippen LogP contribution in [0.25, 0.3) is 0 Å². The summed E-state index contributed by atoms with van der Waals surface area (Å²) in [6.45, 7) is 10.9. The number of carbonyl (C=O) groups is 1.